The molecule has 0 saturated carbocycles. The minimum absolute atomic E-state index is 0.632. The maximum Gasteiger partial charge on any atom is 0.175 e. The van der Waals surface area contributed by atoms with Crippen LogP contribution in [0.1, 0.15) is 5.56 Å². The van der Waals surface area contributed by atoms with Gasteiger partial charge in [0.15, 0.2) is 11.6 Å². The van der Waals surface area contributed by atoms with E-state index in [-0.39, 0.29) is 0 Å². The van der Waals surface area contributed by atoms with E-state index in [1.165, 1.54) is 0 Å². The number of halogens is 2. The Bertz CT molecular complexity index is 1230. The molecule has 5 rings (SSSR count). The molecule has 1 aliphatic rings. The first-order valence-electron chi connectivity index (χ1n) is 10.4. The standard InChI is InChI=1S/C23H21Cl2N7/c24-17-5-6-18(25)16(13-17)15-31-9-11-32(12-10-31)23-22(30-21-14-26-7-8-27-21)28-19-3-1-2-4-20(19)29-23/h1-8,13-14H,9-12,15H2,(H,27,28,30). The quantitative estimate of drug-likeness (QED) is 0.454. The summed E-state index contributed by atoms with van der Waals surface area (Å²) in [5.41, 5.74) is 2.74. The first-order chi connectivity index (χ1) is 15.7. The van der Waals surface area contributed by atoms with Crippen molar-refractivity contribution < 1.29 is 0 Å². The van der Waals surface area contributed by atoms with Crippen LogP contribution in [-0.4, -0.2) is 51.0 Å². The van der Waals surface area contributed by atoms with Crippen molar-refractivity contribution in [1.29, 1.82) is 0 Å². The van der Waals surface area contributed by atoms with Gasteiger partial charge in [0, 0.05) is 55.2 Å². The minimum atomic E-state index is 0.632. The zero-order valence-electron chi connectivity index (χ0n) is 17.2. The third-order valence-electron chi connectivity index (χ3n) is 5.44. The average molecular weight is 466 g/mol. The molecule has 0 amide bonds. The molecule has 1 N–H and O–H groups in total. The van der Waals surface area contributed by atoms with Gasteiger partial charge in [-0.25, -0.2) is 15.0 Å². The number of nitrogens with zero attached hydrogens (tertiary/aromatic N) is 6. The van der Waals surface area contributed by atoms with Crippen molar-refractivity contribution in [3.05, 3.63) is 76.7 Å². The van der Waals surface area contributed by atoms with Crippen molar-refractivity contribution in [2.45, 2.75) is 6.54 Å². The van der Waals surface area contributed by atoms with Gasteiger partial charge < -0.3 is 10.2 Å². The highest BCUT2D eigenvalue weighted by atomic mass is 35.5. The Morgan fingerprint density at radius 1 is 0.906 bits per heavy atom. The summed E-state index contributed by atoms with van der Waals surface area (Å²) in [5, 5.41) is 4.74. The molecule has 0 aliphatic carbocycles. The van der Waals surface area contributed by atoms with Gasteiger partial charge in [0.1, 0.15) is 5.82 Å². The Labute approximate surface area is 196 Å². The maximum atomic E-state index is 6.36. The number of aromatic nitrogens is 4. The van der Waals surface area contributed by atoms with Gasteiger partial charge in [-0.05, 0) is 35.9 Å². The molecular formula is C23H21Cl2N7. The molecule has 162 valence electrons. The van der Waals surface area contributed by atoms with E-state index in [4.69, 9.17) is 33.2 Å². The normalized spacial score (nSPS) is 14.6. The van der Waals surface area contributed by atoms with E-state index < -0.39 is 0 Å². The van der Waals surface area contributed by atoms with Gasteiger partial charge in [-0.2, -0.15) is 0 Å². The second-order valence-corrected chi connectivity index (χ2v) is 8.44. The molecule has 0 spiro atoms. The molecule has 2 aromatic heterocycles. The van der Waals surface area contributed by atoms with E-state index in [2.05, 4.69) is 25.1 Å². The third kappa shape index (κ3) is 4.60. The van der Waals surface area contributed by atoms with Crippen LogP contribution in [-0.2, 0) is 6.54 Å². The van der Waals surface area contributed by atoms with Gasteiger partial charge in [-0.1, -0.05) is 35.3 Å². The van der Waals surface area contributed by atoms with Gasteiger partial charge in [0.2, 0.25) is 0 Å². The molecule has 0 bridgehead atoms. The van der Waals surface area contributed by atoms with Crippen molar-refractivity contribution in [2.75, 3.05) is 36.4 Å². The average Bonchev–Trinajstić information content (AvgIpc) is 2.82. The van der Waals surface area contributed by atoms with Gasteiger partial charge in [0.25, 0.3) is 0 Å². The van der Waals surface area contributed by atoms with E-state index in [0.717, 1.165) is 60.2 Å². The molecule has 32 heavy (non-hydrogen) atoms. The van der Waals surface area contributed by atoms with Crippen LogP contribution in [0.2, 0.25) is 10.0 Å². The number of hydrogen-bond donors (Lipinski definition) is 1. The predicted octanol–water partition coefficient (Wildman–Crippen LogP) is 4.79. The minimum Gasteiger partial charge on any atom is -0.351 e. The van der Waals surface area contributed by atoms with Gasteiger partial charge in [0.05, 0.1) is 17.2 Å². The first kappa shape index (κ1) is 20.9. The van der Waals surface area contributed by atoms with Crippen LogP contribution >= 0.6 is 23.2 Å². The van der Waals surface area contributed by atoms with Gasteiger partial charge >= 0.3 is 0 Å². The number of nitrogens with one attached hydrogen (secondary N) is 1. The Morgan fingerprint density at radius 2 is 1.69 bits per heavy atom. The summed E-state index contributed by atoms with van der Waals surface area (Å²) < 4.78 is 0. The van der Waals surface area contributed by atoms with Crippen LogP contribution in [0.5, 0.6) is 0 Å². The van der Waals surface area contributed by atoms with Crippen molar-refractivity contribution in [3.8, 4) is 0 Å². The molecule has 9 heteroatoms. The number of benzene rings is 2. The van der Waals surface area contributed by atoms with Crippen LogP contribution in [0.3, 0.4) is 0 Å². The van der Waals surface area contributed by atoms with Crippen LogP contribution in [0.25, 0.3) is 11.0 Å². The molecule has 0 radical (unpaired) electrons. The monoisotopic (exact) mass is 465 g/mol. The van der Waals surface area contributed by atoms with E-state index >= 15 is 0 Å². The Kier molecular flexibility index (Phi) is 6.03. The smallest absolute Gasteiger partial charge is 0.175 e. The molecule has 3 heterocycles. The molecule has 2 aromatic carbocycles. The zero-order chi connectivity index (χ0) is 21.9. The third-order valence-corrected chi connectivity index (χ3v) is 6.04. The second-order valence-electron chi connectivity index (χ2n) is 7.60. The van der Waals surface area contributed by atoms with Crippen LogP contribution in [0, 0.1) is 0 Å². The molecular weight excluding hydrogens is 445 g/mol. The lowest BCUT2D eigenvalue weighted by molar-refractivity contribution is 0.249. The van der Waals surface area contributed by atoms with Crippen LogP contribution in [0.15, 0.2) is 61.1 Å². The fourth-order valence-corrected chi connectivity index (χ4v) is 4.18. The molecule has 1 saturated heterocycles. The number of rotatable bonds is 5. The lowest BCUT2D eigenvalue weighted by Gasteiger charge is -2.36. The summed E-state index contributed by atoms with van der Waals surface area (Å²) in [6.45, 7) is 4.16. The summed E-state index contributed by atoms with van der Waals surface area (Å²) in [4.78, 5) is 22.8. The van der Waals surface area contributed by atoms with Crippen molar-refractivity contribution >= 4 is 51.7 Å². The van der Waals surface area contributed by atoms with E-state index in [0.29, 0.717) is 16.7 Å². The first-order valence-corrected chi connectivity index (χ1v) is 11.1. The Hall–Kier alpha value is -3.00. The number of para-hydroxylation sites is 2. The molecule has 1 fully saturated rings. The van der Waals surface area contributed by atoms with E-state index in [1.54, 1.807) is 18.6 Å². The maximum absolute atomic E-state index is 6.36. The molecule has 1 aliphatic heterocycles. The van der Waals surface area contributed by atoms with Crippen molar-refractivity contribution in [1.82, 2.24) is 24.8 Å². The van der Waals surface area contributed by atoms with E-state index in [9.17, 15) is 0 Å². The van der Waals surface area contributed by atoms with Crippen molar-refractivity contribution in [3.63, 3.8) is 0 Å². The molecule has 4 aromatic rings. The second kappa shape index (κ2) is 9.24. The van der Waals surface area contributed by atoms with Gasteiger partial charge in [-0.3, -0.25) is 9.88 Å². The van der Waals surface area contributed by atoms with Crippen LogP contribution in [0.4, 0.5) is 17.5 Å². The largest absolute Gasteiger partial charge is 0.351 e. The Balaban J connectivity index is 1.37. The highest BCUT2D eigenvalue weighted by Gasteiger charge is 2.23. The lowest BCUT2D eigenvalue weighted by Crippen LogP contribution is -2.46. The number of fused-ring (bicyclic) bond motifs is 1. The van der Waals surface area contributed by atoms with Crippen molar-refractivity contribution in [2.24, 2.45) is 0 Å². The fourth-order valence-electron chi connectivity index (χ4n) is 3.80. The fraction of sp³-hybridized carbons (Fsp3) is 0.217. The number of anilines is 3. The van der Waals surface area contributed by atoms with Crippen LogP contribution < -0.4 is 10.2 Å². The lowest BCUT2D eigenvalue weighted by atomic mass is 10.2. The summed E-state index contributed by atoms with van der Waals surface area (Å²) in [7, 11) is 0. The molecule has 7 nitrogen and oxygen atoms in total. The van der Waals surface area contributed by atoms with Gasteiger partial charge in [-0.15, -0.1) is 0 Å². The highest BCUT2D eigenvalue weighted by molar-refractivity contribution is 6.33. The summed E-state index contributed by atoms with van der Waals surface area (Å²) in [5.74, 6) is 2.12. The van der Waals surface area contributed by atoms with E-state index in [1.807, 2.05) is 42.5 Å². The number of hydrogen-bond acceptors (Lipinski definition) is 7. The highest BCUT2D eigenvalue weighted by Crippen LogP contribution is 2.29. The predicted molar refractivity (Wildman–Crippen MR) is 129 cm³/mol. The number of piperazine rings is 1. The summed E-state index contributed by atoms with van der Waals surface area (Å²) in [6, 6.07) is 13.5. The molecule has 0 unspecified atom stereocenters. The SMILES string of the molecule is Clc1ccc(Cl)c(CN2CCN(c3nc4ccccc4nc3Nc3cnccn3)CC2)c1. The molecule has 0 atom stereocenters. The summed E-state index contributed by atoms with van der Waals surface area (Å²) in [6.07, 6.45) is 4.97. The zero-order valence-corrected chi connectivity index (χ0v) is 18.8. The summed E-state index contributed by atoms with van der Waals surface area (Å²) >= 11 is 12.5. The Morgan fingerprint density at radius 3 is 2.44 bits per heavy atom. The topological polar surface area (TPSA) is 70.1 Å².